The summed E-state index contributed by atoms with van der Waals surface area (Å²) in [7, 11) is 0. The molecule has 0 aliphatic heterocycles. The highest BCUT2D eigenvalue weighted by molar-refractivity contribution is 5.99. The molecule has 1 aromatic heterocycles. The maximum absolute atomic E-state index is 13.9. The number of primary amides is 1. The van der Waals surface area contributed by atoms with Crippen LogP contribution in [0.3, 0.4) is 0 Å². The number of benzene rings is 1. The fourth-order valence-electron chi connectivity index (χ4n) is 7.00. The number of carbonyl (C=O) groups excluding carboxylic acids is 8. The average Bonchev–Trinajstić information content (AvgIpc) is 3.69. The third-order valence-corrected chi connectivity index (χ3v) is 10.6. The number of H-pyrrole nitrogens is 1. The van der Waals surface area contributed by atoms with Crippen molar-refractivity contribution in [2.45, 2.75) is 146 Å². The highest BCUT2D eigenvalue weighted by Crippen LogP contribution is 2.20. The molecule has 5 unspecified atom stereocenters. The van der Waals surface area contributed by atoms with Gasteiger partial charge in [0.1, 0.15) is 36.3 Å². The van der Waals surface area contributed by atoms with Crippen molar-refractivity contribution < 1.29 is 73.2 Å². The summed E-state index contributed by atoms with van der Waals surface area (Å²) >= 11 is 0. The number of aliphatic hydroxyl groups is 1. The van der Waals surface area contributed by atoms with Crippen molar-refractivity contribution in [1.29, 1.82) is 0 Å². The van der Waals surface area contributed by atoms with Crippen molar-refractivity contribution in [1.82, 2.24) is 42.2 Å². The minimum atomic E-state index is -2.01. The molecule has 25 heteroatoms. The van der Waals surface area contributed by atoms with Gasteiger partial charge in [0.15, 0.2) is 0 Å². The minimum Gasteiger partial charge on any atom is -0.481 e. The summed E-state index contributed by atoms with van der Waals surface area (Å²) in [5.41, 5.74) is 12.3. The van der Waals surface area contributed by atoms with Gasteiger partial charge in [-0.15, -0.1) is 0 Å². The summed E-state index contributed by atoms with van der Waals surface area (Å²) in [4.78, 5) is 143. The minimum absolute atomic E-state index is 0.0411. The van der Waals surface area contributed by atoms with Gasteiger partial charge < -0.3 is 74.1 Å². The van der Waals surface area contributed by atoms with Crippen molar-refractivity contribution in [2.24, 2.45) is 11.5 Å². The molecule has 16 N–H and O–H groups in total. The van der Waals surface area contributed by atoms with Gasteiger partial charge in [-0.2, -0.15) is 0 Å². The average molecular weight is 975 g/mol. The van der Waals surface area contributed by atoms with Crippen LogP contribution in [0.1, 0.15) is 103 Å². The number of carboxylic acids is 3. The summed E-state index contributed by atoms with van der Waals surface area (Å²) in [6.45, 7) is 2.31. The van der Waals surface area contributed by atoms with E-state index in [1.54, 1.807) is 30.5 Å². The van der Waals surface area contributed by atoms with Gasteiger partial charge >= 0.3 is 17.9 Å². The van der Waals surface area contributed by atoms with Crippen LogP contribution in [0.5, 0.6) is 0 Å². The van der Waals surface area contributed by atoms with E-state index in [1.807, 2.05) is 5.32 Å². The first-order chi connectivity index (χ1) is 32.7. The molecular formula is C44H66N10O15. The number of nitrogens with two attached hydrogens (primary N) is 2. The molecule has 1 heterocycles. The predicted octanol–water partition coefficient (Wildman–Crippen LogP) is -2.09. The van der Waals surface area contributed by atoms with Crippen LogP contribution in [0.4, 0.5) is 0 Å². The molecule has 2 aromatic rings. The largest absolute Gasteiger partial charge is 0.481 e. The molecule has 0 radical (unpaired) electrons. The van der Waals surface area contributed by atoms with Gasteiger partial charge in [0, 0.05) is 29.9 Å². The molecule has 0 bridgehead atoms. The van der Waals surface area contributed by atoms with Crippen molar-refractivity contribution in [3.8, 4) is 0 Å². The van der Waals surface area contributed by atoms with Crippen molar-refractivity contribution in [2.75, 3.05) is 13.1 Å². The summed E-state index contributed by atoms with van der Waals surface area (Å²) in [6, 6.07) is -3.13. The van der Waals surface area contributed by atoms with Crippen molar-refractivity contribution in [3.63, 3.8) is 0 Å². The number of para-hydroxylation sites is 1. The Balaban J connectivity index is 2.23. The number of aliphatic carboxylic acids is 3. The van der Waals surface area contributed by atoms with Gasteiger partial charge in [-0.25, -0.2) is 4.79 Å². The summed E-state index contributed by atoms with van der Waals surface area (Å²) in [5, 5.41) is 54.8. The molecule has 382 valence electrons. The van der Waals surface area contributed by atoms with Crippen LogP contribution < -0.4 is 48.7 Å². The summed E-state index contributed by atoms with van der Waals surface area (Å²) in [6.07, 6.45) is 3.64. The molecule has 8 amide bonds. The van der Waals surface area contributed by atoms with Crippen LogP contribution in [0.15, 0.2) is 30.5 Å². The molecule has 0 spiro atoms. The van der Waals surface area contributed by atoms with Crippen LogP contribution in [0, 0.1) is 0 Å². The molecule has 0 aliphatic rings. The standard InChI is InChI=1S/C44H66N10O15/c1-3-4-5-6-7-8-9-16-34(57)50-29(18-25-22-47-27-14-11-10-13-26(25)27)40(64)51-30(19-33(46)56)41(65)52-31(20-36(59)60)42(66)54-38(24(2)55)43(67)48-23-35(58)49-28(15-12-17-45)39(63)53-32(44(68)69)21-37(61)62/h10-11,13-14,22,24,28-32,38,47,55H,3-9,12,15-21,23,45H2,1-2H3,(H2,46,56)(H,48,67)(H,49,58)(H,50,57)(H,51,64)(H,52,65)(H,53,63)(H,54,66)(H,59,60)(H,61,62)(H,68,69)/t24?,28?,29-,30+,31?,32?,38?/m0/s1. The van der Waals surface area contributed by atoms with E-state index >= 15 is 0 Å². The zero-order chi connectivity index (χ0) is 51.6. The lowest BCUT2D eigenvalue weighted by atomic mass is 10.0. The fourth-order valence-corrected chi connectivity index (χ4v) is 7.00. The Morgan fingerprint density at radius 3 is 1.75 bits per heavy atom. The van der Waals surface area contributed by atoms with E-state index in [9.17, 15) is 68.1 Å². The second kappa shape index (κ2) is 30.3. The highest BCUT2D eigenvalue weighted by Gasteiger charge is 2.35. The van der Waals surface area contributed by atoms with Gasteiger partial charge in [-0.1, -0.05) is 63.6 Å². The molecule has 0 fully saturated rings. The fraction of sp³-hybridized carbons (Fsp3) is 0.568. The molecule has 69 heavy (non-hydrogen) atoms. The number of unbranched alkanes of at least 4 members (excludes halogenated alkanes) is 6. The molecule has 7 atom stereocenters. The lowest BCUT2D eigenvalue weighted by Crippen LogP contribution is -2.61. The Morgan fingerprint density at radius 2 is 1.16 bits per heavy atom. The van der Waals surface area contributed by atoms with E-state index in [0.29, 0.717) is 12.0 Å². The monoisotopic (exact) mass is 974 g/mol. The Hall–Kier alpha value is -7.15. The van der Waals surface area contributed by atoms with Crippen LogP contribution in [0.2, 0.25) is 0 Å². The number of hydrogen-bond acceptors (Lipinski definition) is 13. The van der Waals surface area contributed by atoms with E-state index < -0.39 is 133 Å². The topological polar surface area (TPSA) is 421 Å². The van der Waals surface area contributed by atoms with Gasteiger partial charge in [0.2, 0.25) is 47.3 Å². The third kappa shape index (κ3) is 21.6. The predicted molar refractivity (Wildman–Crippen MR) is 245 cm³/mol. The zero-order valence-corrected chi connectivity index (χ0v) is 38.7. The third-order valence-electron chi connectivity index (χ3n) is 10.6. The Kier molecular flexibility index (Phi) is 25.4. The molecule has 2 rings (SSSR count). The normalized spacial score (nSPS) is 14.0. The molecular weight excluding hydrogens is 909 g/mol. The number of rotatable bonds is 34. The van der Waals surface area contributed by atoms with Crippen molar-refractivity contribution >= 4 is 76.1 Å². The number of aromatic amines is 1. The van der Waals surface area contributed by atoms with Gasteiger partial charge in [-0.05, 0) is 44.4 Å². The van der Waals surface area contributed by atoms with E-state index in [1.165, 1.54) is 0 Å². The first-order valence-corrected chi connectivity index (χ1v) is 22.6. The second-order valence-corrected chi connectivity index (χ2v) is 16.4. The van der Waals surface area contributed by atoms with Gasteiger partial charge in [0.25, 0.3) is 0 Å². The molecule has 0 saturated heterocycles. The quantitative estimate of drug-likeness (QED) is 0.0334. The molecule has 25 nitrogen and oxygen atoms in total. The number of aliphatic hydroxyl groups excluding tert-OH is 1. The lowest BCUT2D eigenvalue weighted by Gasteiger charge is -2.26. The summed E-state index contributed by atoms with van der Waals surface area (Å²) < 4.78 is 0. The van der Waals surface area contributed by atoms with E-state index in [-0.39, 0.29) is 32.2 Å². The smallest absolute Gasteiger partial charge is 0.326 e. The van der Waals surface area contributed by atoms with Crippen LogP contribution in [-0.4, -0.2) is 146 Å². The van der Waals surface area contributed by atoms with E-state index in [2.05, 4.69) is 43.8 Å². The van der Waals surface area contributed by atoms with Gasteiger partial charge in [0.05, 0.1) is 31.9 Å². The number of aromatic nitrogens is 1. The number of fused-ring (bicyclic) bond motifs is 1. The highest BCUT2D eigenvalue weighted by atomic mass is 16.4. The molecule has 0 saturated carbocycles. The number of carbonyl (C=O) groups is 11. The summed E-state index contributed by atoms with van der Waals surface area (Å²) in [5.74, 6) is -13.2. The number of carboxylic acid groups (broad SMARTS) is 3. The van der Waals surface area contributed by atoms with E-state index in [4.69, 9.17) is 16.6 Å². The van der Waals surface area contributed by atoms with Crippen LogP contribution >= 0.6 is 0 Å². The second-order valence-electron chi connectivity index (χ2n) is 16.4. The Morgan fingerprint density at radius 1 is 0.623 bits per heavy atom. The SMILES string of the molecule is CCCCCCCCCC(=O)N[C@@H](Cc1c[nH]c2ccccc12)C(=O)N[C@H](CC(N)=O)C(=O)NC(CC(=O)O)C(=O)NC(C(=O)NCC(=O)NC(CCCN)C(=O)NC(CC(=O)O)C(=O)O)C(C)O. The van der Waals surface area contributed by atoms with Crippen LogP contribution in [-0.2, 0) is 59.2 Å². The Labute approximate surface area is 397 Å². The first-order valence-electron chi connectivity index (χ1n) is 22.6. The number of amides is 8. The van der Waals surface area contributed by atoms with Crippen LogP contribution in [0.25, 0.3) is 10.9 Å². The maximum Gasteiger partial charge on any atom is 0.326 e. The molecule has 0 aliphatic carbocycles. The molecule has 1 aromatic carbocycles. The lowest BCUT2D eigenvalue weighted by molar-refractivity contribution is -0.147. The first kappa shape index (κ1) is 58.0. The number of nitrogens with one attached hydrogen (secondary N) is 8. The van der Waals surface area contributed by atoms with Crippen molar-refractivity contribution in [3.05, 3.63) is 36.0 Å². The zero-order valence-electron chi connectivity index (χ0n) is 38.7. The van der Waals surface area contributed by atoms with Gasteiger partial charge in [-0.3, -0.25) is 47.9 Å². The maximum atomic E-state index is 13.9. The van der Waals surface area contributed by atoms with E-state index in [0.717, 1.165) is 56.4 Å². The number of hydrogen-bond donors (Lipinski definition) is 14. The Bertz CT molecular complexity index is 2110.